The monoisotopic (exact) mass is 542 g/mol. The van der Waals surface area contributed by atoms with Gasteiger partial charge in [0.15, 0.2) is 0 Å². The third-order valence-corrected chi connectivity index (χ3v) is 8.23. The Morgan fingerprint density at radius 3 is 2.68 bits per heavy atom. The van der Waals surface area contributed by atoms with Crippen LogP contribution in [0.3, 0.4) is 0 Å². The summed E-state index contributed by atoms with van der Waals surface area (Å²) in [4.78, 5) is 12.5. The predicted molar refractivity (Wildman–Crippen MR) is 130 cm³/mol. The van der Waals surface area contributed by atoms with Crippen LogP contribution in [0.15, 0.2) is 40.7 Å². The number of sulfonamides is 1. The maximum absolute atomic E-state index is 13.1. The molecule has 180 valence electrons. The van der Waals surface area contributed by atoms with Crippen LogP contribution < -0.4 is 19.5 Å². The maximum atomic E-state index is 13.1. The first-order valence-electron chi connectivity index (χ1n) is 9.96. The van der Waals surface area contributed by atoms with Crippen molar-refractivity contribution in [2.45, 2.75) is 36.3 Å². The summed E-state index contributed by atoms with van der Waals surface area (Å²) >= 11 is 12.6. The molecule has 34 heavy (non-hydrogen) atoms. The lowest BCUT2D eigenvalue weighted by molar-refractivity contribution is 0.0698. The fourth-order valence-corrected chi connectivity index (χ4v) is 6.13. The van der Waals surface area contributed by atoms with Gasteiger partial charge in [0.05, 0.1) is 23.7 Å². The molecular weight excluding hydrogens is 523 g/mol. The summed E-state index contributed by atoms with van der Waals surface area (Å²) in [6.07, 6.45) is 0.392. The van der Waals surface area contributed by atoms with Crippen LogP contribution in [0.5, 0.6) is 11.5 Å². The molecule has 4 rings (SSSR count). The summed E-state index contributed by atoms with van der Waals surface area (Å²) in [6, 6.07) is 9.06. The molecule has 0 fully saturated rings. The molecule has 9 nitrogen and oxygen atoms in total. The predicted octanol–water partition coefficient (Wildman–Crippen LogP) is 4.69. The average molecular weight is 543 g/mol. The van der Waals surface area contributed by atoms with Crippen LogP contribution in [0.2, 0.25) is 10.0 Å². The quantitative estimate of drug-likeness (QED) is 0.433. The summed E-state index contributed by atoms with van der Waals surface area (Å²) in [5, 5.41) is 10.6. The van der Waals surface area contributed by atoms with Crippen molar-refractivity contribution in [2.24, 2.45) is 0 Å². The molecule has 1 aliphatic rings. The number of fused-ring (bicyclic) bond motifs is 1. The number of nitrogens with zero attached hydrogens (tertiary/aromatic N) is 2. The minimum absolute atomic E-state index is 0.00818. The molecule has 13 heteroatoms. The van der Waals surface area contributed by atoms with E-state index in [4.69, 9.17) is 32.7 Å². The van der Waals surface area contributed by atoms with Crippen molar-refractivity contribution in [3.63, 3.8) is 0 Å². The molecule has 0 saturated carbocycles. The average Bonchev–Trinajstić information content (AvgIpc) is 3.21. The van der Waals surface area contributed by atoms with Crippen LogP contribution in [0.1, 0.15) is 42.2 Å². The third-order valence-electron chi connectivity index (χ3n) is 5.01. The second-order valence-electron chi connectivity index (χ2n) is 8.09. The molecule has 1 aromatic heterocycles. The highest BCUT2D eigenvalue weighted by molar-refractivity contribution is 7.91. The Hall–Kier alpha value is -2.44. The smallest absolute Gasteiger partial charge is 0.270 e. The highest BCUT2D eigenvalue weighted by Crippen LogP contribution is 2.42. The number of nitrogens with one attached hydrogen (secondary N) is 2. The van der Waals surface area contributed by atoms with Crippen molar-refractivity contribution in [1.82, 2.24) is 14.9 Å². The van der Waals surface area contributed by atoms with E-state index in [1.54, 1.807) is 25.3 Å². The van der Waals surface area contributed by atoms with Crippen molar-refractivity contribution in [1.29, 1.82) is 0 Å². The Morgan fingerprint density at radius 1 is 1.21 bits per heavy atom. The van der Waals surface area contributed by atoms with Gasteiger partial charge in [0.2, 0.25) is 9.47 Å². The molecule has 2 heterocycles. The molecule has 0 saturated heterocycles. The minimum Gasteiger partial charge on any atom is -0.497 e. The van der Waals surface area contributed by atoms with E-state index in [2.05, 4.69) is 20.2 Å². The van der Waals surface area contributed by atoms with Gasteiger partial charge in [-0.1, -0.05) is 40.6 Å². The number of ether oxygens (including phenoxy) is 2. The number of halogens is 2. The van der Waals surface area contributed by atoms with Crippen molar-refractivity contribution in [2.75, 3.05) is 12.4 Å². The highest BCUT2D eigenvalue weighted by atomic mass is 35.5. The minimum atomic E-state index is -4.05. The first kappa shape index (κ1) is 24.7. The highest BCUT2D eigenvalue weighted by Gasteiger charge is 2.37. The van der Waals surface area contributed by atoms with Gasteiger partial charge in [-0.3, -0.25) is 10.1 Å². The van der Waals surface area contributed by atoms with Gasteiger partial charge in [0.25, 0.3) is 15.9 Å². The number of hydrogen-bond acceptors (Lipinski definition) is 8. The van der Waals surface area contributed by atoms with Gasteiger partial charge in [-0.15, -0.1) is 10.2 Å². The van der Waals surface area contributed by atoms with E-state index in [-0.39, 0.29) is 20.1 Å². The van der Waals surface area contributed by atoms with E-state index in [0.29, 0.717) is 28.5 Å². The first-order chi connectivity index (χ1) is 16.0. The van der Waals surface area contributed by atoms with Gasteiger partial charge in [-0.05, 0) is 38.1 Å². The van der Waals surface area contributed by atoms with Gasteiger partial charge < -0.3 is 9.47 Å². The molecule has 0 aliphatic carbocycles. The third kappa shape index (κ3) is 5.28. The van der Waals surface area contributed by atoms with E-state index in [9.17, 15) is 13.2 Å². The topological polar surface area (TPSA) is 120 Å². The summed E-state index contributed by atoms with van der Waals surface area (Å²) < 4.78 is 39.8. The van der Waals surface area contributed by atoms with Crippen molar-refractivity contribution in [3.05, 3.63) is 57.6 Å². The Morgan fingerprint density at radius 2 is 1.97 bits per heavy atom. The summed E-state index contributed by atoms with van der Waals surface area (Å²) in [5.41, 5.74) is 0.226. The van der Waals surface area contributed by atoms with Crippen LogP contribution in [0.25, 0.3) is 0 Å². The lowest BCUT2D eigenvalue weighted by Crippen LogP contribution is -2.41. The summed E-state index contributed by atoms with van der Waals surface area (Å²) in [7, 11) is -2.50. The Bertz CT molecular complexity index is 1360. The molecule has 2 N–H and O–H groups in total. The zero-order valence-corrected chi connectivity index (χ0v) is 21.4. The number of carbonyl (C=O) groups excluding carboxylic acids is 1. The second kappa shape index (κ2) is 9.31. The number of benzene rings is 2. The molecule has 0 spiro atoms. The van der Waals surface area contributed by atoms with Crippen LogP contribution in [-0.2, 0) is 10.0 Å². The van der Waals surface area contributed by atoms with Gasteiger partial charge >= 0.3 is 0 Å². The van der Waals surface area contributed by atoms with Crippen LogP contribution in [0.4, 0.5) is 5.13 Å². The standard InChI is InChI=1S/C21H20Cl2N4O5S2/c1-21(2)10-16(14-7-5-12(31-3)9-17(14)32-21)27-34(29,30)20-26-25-19(33-20)24-18(28)13-6-4-11(22)8-15(13)23/h4-9,16,27H,10H2,1-3H3,(H,24,25,28)/t16-/m0/s1. The van der Waals surface area contributed by atoms with E-state index < -0.39 is 27.6 Å². The number of amides is 1. The molecule has 1 atom stereocenters. The number of methoxy groups -OCH3 is 1. The van der Waals surface area contributed by atoms with Gasteiger partial charge in [0, 0.05) is 23.1 Å². The van der Waals surface area contributed by atoms with E-state index in [0.717, 1.165) is 11.3 Å². The molecule has 3 aromatic rings. The number of carbonyl (C=O) groups is 1. The van der Waals surface area contributed by atoms with Crippen LogP contribution >= 0.6 is 34.5 Å². The lowest BCUT2D eigenvalue weighted by Gasteiger charge is -2.37. The zero-order chi connectivity index (χ0) is 24.7. The fraction of sp³-hybridized carbons (Fsp3) is 0.286. The van der Waals surface area contributed by atoms with Gasteiger partial charge in [-0.2, -0.15) is 0 Å². The lowest BCUT2D eigenvalue weighted by atomic mass is 9.90. The van der Waals surface area contributed by atoms with Crippen molar-refractivity contribution in [3.8, 4) is 11.5 Å². The normalized spacial score (nSPS) is 16.9. The SMILES string of the molecule is COc1ccc2c(c1)OC(C)(C)C[C@@H]2NS(=O)(=O)c1nnc(NC(=O)c2ccc(Cl)cc2Cl)s1. The number of anilines is 1. The Balaban J connectivity index is 1.54. The molecule has 0 radical (unpaired) electrons. The van der Waals surface area contributed by atoms with Crippen LogP contribution in [0, 0.1) is 0 Å². The maximum Gasteiger partial charge on any atom is 0.270 e. The van der Waals surface area contributed by atoms with Crippen LogP contribution in [-0.4, -0.2) is 37.2 Å². The largest absolute Gasteiger partial charge is 0.497 e. The number of hydrogen-bond donors (Lipinski definition) is 2. The van der Waals surface area contributed by atoms with Gasteiger partial charge in [0.1, 0.15) is 17.1 Å². The first-order valence-corrected chi connectivity index (χ1v) is 13.0. The van der Waals surface area contributed by atoms with E-state index in [1.807, 2.05) is 13.8 Å². The van der Waals surface area contributed by atoms with E-state index >= 15 is 0 Å². The Labute approximate surface area is 210 Å². The summed E-state index contributed by atoms with van der Waals surface area (Å²) in [6.45, 7) is 3.74. The van der Waals surface area contributed by atoms with Crippen molar-refractivity contribution >= 4 is 55.6 Å². The van der Waals surface area contributed by atoms with Gasteiger partial charge in [-0.25, -0.2) is 13.1 Å². The molecular formula is C21H20Cl2N4O5S2. The fourth-order valence-electron chi connectivity index (χ4n) is 3.51. The van der Waals surface area contributed by atoms with Crippen molar-refractivity contribution < 1.29 is 22.7 Å². The zero-order valence-electron chi connectivity index (χ0n) is 18.3. The molecule has 0 bridgehead atoms. The second-order valence-corrected chi connectivity index (χ2v) is 11.8. The molecule has 0 unspecified atom stereocenters. The molecule has 2 aromatic carbocycles. The molecule has 1 aliphatic heterocycles. The number of rotatable bonds is 6. The summed E-state index contributed by atoms with van der Waals surface area (Å²) in [5.74, 6) is 0.570. The Kier molecular flexibility index (Phi) is 6.76. The van der Waals surface area contributed by atoms with E-state index in [1.165, 1.54) is 18.2 Å². The molecule has 1 amide bonds. The number of aromatic nitrogens is 2.